The van der Waals surface area contributed by atoms with Gasteiger partial charge in [0.1, 0.15) is 5.75 Å². The van der Waals surface area contributed by atoms with E-state index in [1.54, 1.807) is 31.2 Å². The molecule has 0 spiro atoms. The third-order valence-corrected chi connectivity index (χ3v) is 2.67. The summed E-state index contributed by atoms with van der Waals surface area (Å²) in [5.41, 5.74) is 1.03. The van der Waals surface area contributed by atoms with Crippen molar-refractivity contribution in [3.8, 4) is 5.75 Å². The highest BCUT2D eigenvalue weighted by atomic mass is 16.5. The first-order valence-corrected chi connectivity index (χ1v) is 6.99. The largest absolute Gasteiger partial charge is 0.494 e. The number of benzene rings is 1. The molecule has 0 aliphatic carbocycles. The lowest BCUT2D eigenvalue weighted by Crippen LogP contribution is -2.07. The molecule has 0 unspecified atom stereocenters. The average Bonchev–Trinajstić information content (AvgIpc) is 2.53. The summed E-state index contributed by atoms with van der Waals surface area (Å²) in [5.74, 6) is -0.230. The van der Waals surface area contributed by atoms with Crippen LogP contribution in [0.4, 0.5) is 0 Å². The van der Waals surface area contributed by atoms with Crippen molar-refractivity contribution < 1.29 is 23.8 Å². The Kier molecular flexibility index (Phi) is 7.47. The molecule has 1 rings (SSSR count). The molecule has 0 aromatic heterocycles. The van der Waals surface area contributed by atoms with Crippen LogP contribution in [0.1, 0.15) is 19.4 Å². The Hall–Kier alpha value is -2.56. The van der Waals surface area contributed by atoms with Crippen molar-refractivity contribution in [1.82, 2.24) is 0 Å². The van der Waals surface area contributed by atoms with Gasteiger partial charge in [0.15, 0.2) is 0 Å². The van der Waals surface area contributed by atoms with E-state index in [1.807, 2.05) is 6.92 Å². The quantitative estimate of drug-likeness (QED) is 0.440. The summed E-state index contributed by atoms with van der Waals surface area (Å²) >= 11 is 0. The third kappa shape index (κ3) is 5.44. The maximum atomic E-state index is 12.0. The van der Waals surface area contributed by atoms with Gasteiger partial charge in [0.25, 0.3) is 0 Å². The van der Waals surface area contributed by atoms with Gasteiger partial charge in [0, 0.05) is 6.08 Å². The number of methoxy groups -OCH3 is 1. The highest BCUT2D eigenvalue weighted by Gasteiger charge is 2.12. The molecule has 0 saturated carbocycles. The van der Waals surface area contributed by atoms with Gasteiger partial charge in [0.05, 0.1) is 25.9 Å². The average molecular weight is 304 g/mol. The smallest absolute Gasteiger partial charge is 0.338 e. The van der Waals surface area contributed by atoms with Gasteiger partial charge in [-0.25, -0.2) is 9.59 Å². The second-order valence-electron chi connectivity index (χ2n) is 4.14. The minimum atomic E-state index is -0.494. The molecule has 0 fully saturated rings. The van der Waals surface area contributed by atoms with E-state index >= 15 is 0 Å². The zero-order chi connectivity index (χ0) is 16.4. The van der Waals surface area contributed by atoms with Crippen LogP contribution in [0.25, 0.3) is 5.57 Å². The Morgan fingerprint density at radius 2 is 1.77 bits per heavy atom. The predicted molar refractivity (Wildman–Crippen MR) is 83.4 cm³/mol. The van der Waals surface area contributed by atoms with E-state index in [0.29, 0.717) is 17.7 Å². The predicted octanol–water partition coefficient (Wildman–Crippen LogP) is 2.76. The van der Waals surface area contributed by atoms with Crippen LogP contribution in [0.5, 0.6) is 5.75 Å². The van der Waals surface area contributed by atoms with Crippen molar-refractivity contribution in [3.63, 3.8) is 0 Å². The van der Waals surface area contributed by atoms with E-state index in [-0.39, 0.29) is 6.61 Å². The molecule has 118 valence electrons. The number of hydrogen-bond acceptors (Lipinski definition) is 5. The van der Waals surface area contributed by atoms with E-state index in [2.05, 4.69) is 4.74 Å². The first-order valence-electron chi connectivity index (χ1n) is 6.99. The molecular weight excluding hydrogens is 284 g/mol. The standard InChI is InChI=1S/C17H20O5/c1-4-21-14-11-9-13(10-12-14)15(17(19)22-5-2)7-6-8-16(18)20-3/h6-12H,4-5H2,1-3H3/b8-6-,15-7+. The summed E-state index contributed by atoms with van der Waals surface area (Å²) in [7, 11) is 1.29. The highest BCUT2D eigenvalue weighted by molar-refractivity contribution is 6.16. The van der Waals surface area contributed by atoms with E-state index < -0.39 is 11.9 Å². The van der Waals surface area contributed by atoms with Gasteiger partial charge in [-0.1, -0.05) is 18.2 Å². The number of allylic oxidation sites excluding steroid dienone is 2. The van der Waals surface area contributed by atoms with E-state index in [0.717, 1.165) is 5.75 Å². The normalized spacial score (nSPS) is 11.3. The fourth-order valence-corrected chi connectivity index (χ4v) is 1.68. The van der Waals surface area contributed by atoms with Crippen LogP contribution in [0.2, 0.25) is 0 Å². The molecule has 0 aliphatic rings. The summed E-state index contributed by atoms with van der Waals surface area (Å²) in [6.45, 7) is 4.48. The molecule has 0 atom stereocenters. The molecule has 5 nitrogen and oxygen atoms in total. The van der Waals surface area contributed by atoms with Crippen molar-refractivity contribution in [2.24, 2.45) is 0 Å². The lowest BCUT2D eigenvalue weighted by Gasteiger charge is -2.08. The van der Waals surface area contributed by atoms with Crippen LogP contribution in [0, 0.1) is 0 Å². The lowest BCUT2D eigenvalue weighted by atomic mass is 10.1. The van der Waals surface area contributed by atoms with Crippen LogP contribution < -0.4 is 4.74 Å². The van der Waals surface area contributed by atoms with Crippen molar-refractivity contribution in [2.75, 3.05) is 20.3 Å². The third-order valence-electron chi connectivity index (χ3n) is 2.67. The summed E-state index contributed by atoms with van der Waals surface area (Å²) in [6, 6.07) is 7.07. The Morgan fingerprint density at radius 3 is 2.32 bits per heavy atom. The molecule has 0 saturated heterocycles. The van der Waals surface area contributed by atoms with Gasteiger partial charge < -0.3 is 14.2 Å². The maximum Gasteiger partial charge on any atom is 0.338 e. The van der Waals surface area contributed by atoms with Gasteiger partial charge in [0.2, 0.25) is 0 Å². The molecule has 0 radical (unpaired) electrons. The summed E-state index contributed by atoms with van der Waals surface area (Å²) in [5, 5.41) is 0. The molecule has 0 aliphatic heterocycles. The maximum absolute atomic E-state index is 12.0. The van der Waals surface area contributed by atoms with Crippen LogP contribution in [0.15, 0.2) is 42.5 Å². The van der Waals surface area contributed by atoms with E-state index in [9.17, 15) is 9.59 Å². The van der Waals surface area contributed by atoms with Gasteiger partial charge >= 0.3 is 11.9 Å². The second kappa shape index (κ2) is 9.39. The van der Waals surface area contributed by atoms with Gasteiger partial charge in [-0.05, 0) is 37.6 Å². The number of hydrogen-bond donors (Lipinski definition) is 0. The fraction of sp³-hybridized carbons (Fsp3) is 0.294. The molecule has 1 aromatic rings. The minimum absolute atomic E-state index is 0.272. The number of carbonyl (C=O) groups is 2. The SMILES string of the molecule is CCOC(=O)/C(=C/C=C\C(=O)OC)c1ccc(OCC)cc1. The van der Waals surface area contributed by atoms with Crippen molar-refractivity contribution in [2.45, 2.75) is 13.8 Å². The van der Waals surface area contributed by atoms with Gasteiger partial charge in [-0.2, -0.15) is 0 Å². The van der Waals surface area contributed by atoms with Crippen LogP contribution in [-0.2, 0) is 19.1 Å². The molecule has 1 aromatic carbocycles. The molecule has 0 heterocycles. The van der Waals surface area contributed by atoms with E-state index in [4.69, 9.17) is 9.47 Å². The van der Waals surface area contributed by atoms with Gasteiger partial charge in [-0.3, -0.25) is 0 Å². The highest BCUT2D eigenvalue weighted by Crippen LogP contribution is 2.20. The van der Waals surface area contributed by atoms with Crippen LogP contribution >= 0.6 is 0 Å². The van der Waals surface area contributed by atoms with Crippen LogP contribution in [0.3, 0.4) is 0 Å². The monoisotopic (exact) mass is 304 g/mol. The summed E-state index contributed by atoms with van der Waals surface area (Å²) in [6.07, 6.45) is 4.20. The molecule has 22 heavy (non-hydrogen) atoms. The van der Waals surface area contributed by atoms with Crippen molar-refractivity contribution in [3.05, 3.63) is 48.1 Å². The number of esters is 2. The zero-order valence-corrected chi connectivity index (χ0v) is 13.0. The molecule has 0 amide bonds. The fourth-order valence-electron chi connectivity index (χ4n) is 1.68. The Morgan fingerprint density at radius 1 is 1.09 bits per heavy atom. The van der Waals surface area contributed by atoms with Crippen LogP contribution in [-0.4, -0.2) is 32.3 Å². The second-order valence-corrected chi connectivity index (χ2v) is 4.14. The van der Waals surface area contributed by atoms with Crippen molar-refractivity contribution in [1.29, 1.82) is 0 Å². The Bertz CT molecular complexity index is 555. The summed E-state index contributed by atoms with van der Waals surface area (Å²) < 4.78 is 14.9. The summed E-state index contributed by atoms with van der Waals surface area (Å²) in [4.78, 5) is 23.1. The van der Waals surface area contributed by atoms with Gasteiger partial charge in [-0.15, -0.1) is 0 Å². The molecule has 0 N–H and O–H groups in total. The number of ether oxygens (including phenoxy) is 3. The first-order chi connectivity index (χ1) is 10.6. The lowest BCUT2D eigenvalue weighted by molar-refractivity contribution is -0.136. The minimum Gasteiger partial charge on any atom is -0.494 e. The zero-order valence-electron chi connectivity index (χ0n) is 13.0. The number of rotatable bonds is 7. The topological polar surface area (TPSA) is 61.8 Å². The Balaban J connectivity index is 3.03. The number of carbonyl (C=O) groups excluding carboxylic acids is 2. The van der Waals surface area contributed by atoms with Crippen molar-refractivity contribution >= 4 is 17.5 Å². The Labute approximate surface area is 130 Å². The molecule has 0 bridgehead atoms. The molecular formula is C17H20O5. The first kappa shape index (κ1) is 17.5. The molecule has 5 heteroatoms. The van der Waals surface area contributed by atoms with E-state index in [1.165, 1.54) is 25.3 Å².